The second kappa shape index (κ2) is 7.86. The summed E-state index contributed by atoms with van der Waals surface area (Å²) < 4.78 is 0. The van der Waals surface area contributed by atoms with Gasteiger partial charge in [-0.2, -0.15) is 0 Å². The minimum atomic E-state index is -0.411. The molecule has 0 radical (unpaired) electrons. The fourth-order valence-electron chi connectivity index (χ4n) is 3.36. The van der Waals surface area contributed by atoms with E-state index in [2.05, 4.69) is 12.1 Å². The van der Waals surface area contributed by atoms with Crippen LogP contribution in [-0.4, -0.2) is 22.3 Å². The first-order chi connectivity index (χ1) is 13.6. The average Bonchev–Trinajstić information content (AvgIpc) is 2.86. The monoisotopic (exact) mass is 390 g/mol. The lowest BCUT2D eigenvalue weighted by atomic mass is 10.1. The maximum Gasteiger partial charge on any atom is 0.269 e. The number of nitro benzene ring substituents is 1. The third kappa shape index (κ3) is 3.77. The number of rotatable bonds is 4. The topological polar surface area (TPSA) is 63.5 Å². The van der Waals surface area contributed by atoms with Crippen molar-refractivity contribution in [1.82, 2.24) is 4.90 Å². The van der Waals surface area contributed by atoms with Crippen LogP contribution in [0.3, 0.4) is 0 Å². The van der Waals surface area contributed by atoms with Crippen molar-refractivity contribution in [2.24, 2.45) is 0 Å². The van der Waals surface area contributed by atoms with Gasteiger partial charge in [0, 0.05) is 30.1 Å². The van der Waals surface area contributed by atoms with Gasteiger partial charge in [0.15, 0.2) is 0 Å². The largest absolute Gasteiger partial charge is 0.333 e. The smallest absolute Gasteiger partial charge is 0.269 e. The number of thioether (sulfide) groups is 1. The zero-order valence-electron chi connectivity index (χ0n) is 15.0. The number of nitrogens with zero attached hydrogens (tertiary/aromatic N) is 2. The predicted octanol–water partition coefficient (Wildman–Crippen LogP) is 5.08. The molecule has 0 N–H and O–H groups in total. The number of hydrogen-bond acceptors (Lipinski definition) is 4. The van der Waals surface area contributed by atoms with Crippen molar-refractivity contribution >= 4 is 23.4 Å². The van der Waals surface area contributed by atoms with Crippen LogP contribution in [0.2, 0.25) is 0 Å². The molecular weight excluding hydrogens is 372 g/mol. The third-order valence-electron chi connectivity index (χ3n) is 4.73. The Balaban J connectivity index is 1.70. The van der Waals surface area contributed by atoms with Crippen LogP contribution in [0.1, 0.15) is 26.7 Å². The van der Waals surface area contributed by atoms with E-state index >= 15 is 0 Å². The summed E-state index contributed by atoms with van der Waals surface area (Å²) >= 11 is 1.69. The molecule has 1 amide bonds. The Labute approximate surface area is 167 Å². The van der Waals surface area contributed by atoms with E-state index in [-0.39, 0.29) is 16.8 Å². The summed E-state index contributed by atoms with van der Waals surface area (Å²) in [6.07, 6.45) is 0. The molecule has 0 spiro atoms. The zero-order valence-corrected chi connectivity index (χ0v) is 15.8. The molecule has 4 rings (SSSR count). The summed E-state index contributed by atoms with van der Waals surface area (Å²) in [5.74, 6) is -0.0481. The van der Waals surface area contributed by atoms with Gasteiger partial charge in [-0.3, -0.25) is 14.9 Å². The Kier molecular flexibility index (Phi) is 5.12. The molecule has 1 atom stereocenters. The maximum absolute atomic E-state index is 13.2. The number of amides is 1. The lowest BCUT2D eigenvalue weighted by Crippen LogP contribution is -2.32. The fraction of sp³-hybridized carbons (Fsp3) is 0.136. The van der Waals surface area contributed by atoms with Gasteiger partial charge in [-0.15, -0.1) is 11.8 Å². The molecule has 0 saturated heterocycles. The van der Waals surface area contributed by atoms with Gasteiger partial charge in [-0.05, 0) is 23.3 Å². The number of carbonyl (C=O) groups is 1. The minimum Gasteiger partial charge on any atom is -0.333 e. The summed E-state index contributed by atoms with van der Waals surface area (Å²) in [6, 6.07) is 24.2. The van der Waals surface area contributed by atoms with Crippen molar-refractivity contribution in [3.05, 3.63) is 106 Å². The van der Waals surface area contributed by atoms with Crippen molar-refractivity contribution in [3.63, 3.8) is 0 Å². The molecule has 0 bridgehead atoms. The van der Waals surface area contributed by atoms with Gasteiger partial charge in [0.1, 0.15) is 0 Å². The molecule has 0 aliphatic carbocycles. The molecule has 0 saturated carbocycles. The summed E-state index contributed by atoms with van der Waals surface area (Å²) in [7, 11) is 0. The van der Waals surface area contributed by atoms with Crippen molar-refractivity contribution in [2.75, 3.05) is 6.54 Å². The zero-order chi connectivity index (χ0) is 19.5. The Morgan fingerprint density at radius 2 is 1.75 bits per heavy atom. The Morgan fingerprint density at radius 3 is 2.54 bits per heavy atom. The normalized spacial score (nSPS) is 16.4. The van der Waals surface area contributed by atoms with Gasteiger partial charge < -0.3 is 4.90 Å². The van der Waals surface area contributed by atoms with Crippen molar-refractivity contribution < 1.29 is 9.72 Å². The van der Waals surface area contributed by atoms with E-state index in [1.54, 1.807) is 22.7 Å². The van der Waals surface area contributed by atoms with Gasteiger partial charge >= 0.3 is 0 Å². The molecule has 1 unspecified atom stereocenters. The van der Waals surface area contributed by atoms with E-state index in [9.17, 15) is 14.9 Å². The average molecular weight is 390 g/mol. The van der Waals surface area contributed by atoms with Crippen LogP contribution in [0.4, 0.5) is 5.69 Å². The van der Waals surface area contributed by atoms with Crippen LogP contribution in [0.5, 0.6) is 0 Å². The van der Waals surface area contributed by atoms with E-state index < -0.39 is 4.92 Å². The van der Waals surface area contributed by atoms with Gasteiger partial charge in [-0.1, -0.05) is 54.6 Å². The van der Waals surface area contributed by atoms with Crippen LogP contribution >= 0.6 is 11.8 Å². The third-order valence-corrected chi connectivity index (χ3v) is 6.04. The van der Waals surface area contributed by atoms with Crippen LogP contribution in [-0.2, 0) is 6.54 Å². The first-order valence-electron chi connectivity index (χ1n) is 8.95. The SMILES string of the molecule is O=C1c2ccccc2SC(c2ccccc2)CN1Cc1cccc([N+](=O)[O-])c1. The number of benzene rings is 3. The Hall–Kier alpha value is -3.12. The second-order valence-electron chi connectivity index (χ2n) is 6.63. The van der Waals surface area contributed by atoms with E-state index in [1.807, 2.05) is 48.5 Å². The summed E-state index contributed by atoms with van der Waals surface area (Å²) in [5.41, 5.74) is 2.62. The van der Waals surface area contributed by atoms with Gasteiger partial charge in [-0.25, -0.2) is 0 Å². The molecule has 1 heterocycles. The van der Waals surface area contributed by atoms with Crippen molar-refractivity contribution in [2.45, 2.75) is 16.7 Å². The van der Waals surface area contributed by atoms with E-state index in [0.29, 0.717) is 18.7 Å². The molecular formula is C22H18N2O3S. The first-order valence-corrected chi connectivity index (χ1v) is 9.83. The molecule has 3 aromatic rings. The highest BCUT2D eigenvalue weighted by Crippen LogP contribution is 2.41. The Morgan fingerprint density at radius 1 is 1.00 bits per heavy atom. The number of non-ortho nitro benzene ring substituents is 1. The van der Waals surface area contributed by atoms with Crippen molar-refractivity contribution in [1.29, 1.82) is 0 Å². The molecule has 1 aliphatic rings. The van der Waals surface area contributed by atoms with Gasteiger partial charge in [0.2, 0.25) is 0 Å². The Bertz CT molecular complexity index is 1020. The number of fused-ring (bicyclic) bond motifs is 1. The lowest BCUT2D eigenvalue weighted by molar-refractivity contribution is -0.384. The molecule has 6 heteroatoms. The first kappa shape index (κ1) is 18.3. The maximum atomic E-state index is 13.2. The highest BCUT2D eigenvalue weighted by atomic mass is 32.2. The molecule has 28 heavy (non-hydrogen) atoms. The van der Waals surface area contributed by atoms with Crippen LogP contribution in [0.15, 0.2) is 83.8 Å². The van der Waals surface area contributed by atoms with Gasteiger partial charge in [0.25, 0.3) is 11.6 Å². The molecule has 1 aliphatic heterocycles. The summed E-state index contributed by atoms with van der Waals surface area (Å²) in [6.45, 7) is 0.865. The molecule has 5 nitrogen and oxygen atoms in total. The quantitative estimate of drug-likeness (QED) is 0.460. The molecule has 3 aromatic carbocycles. The predicted molar refractivity (Wildman–Crippen MR) is 109 cm³/mol. The fourth-order valence-corrected chi connectivity index (χ4v) is 4.65. The second-order valence-corrected chi connectivity index (χ2v) is 7.87. The minimum absolute atomic E-state index is 0.0363. The van der Waals surface area contributed by atoms with E-state index in [1.165, 1.54) is 12.1 Å². The number of carbonyl (C=O) groups excluding carboxylic acids is 1. The number of nitro groups is 1. The summed E-state index contributed by atoms with van der Waals surface area (Å²) in [4.78, 5) is 26.6. The highest BCUT2D eigenvalue weighted by Gasteiger charge is 2.29. The van der Waals surface area contributed by atoms with Crippen molar-refractivity contribution in [3.8, 4) is 0 Å². The van der Waals surface area contributed by atoms with Crippen LogP contribution < -0.4 is 0 Å². The molecule has 140 valence electrons. The standard InChI is InChI=1S/C22H18N2O3S/c25-22-19-11-4-5-12-20(19)28-21(17-8-2-1-3-9-17)15-23(22)14-16-7-6-10-18(13-16)24(26)27/h1-13,21H,14-15H2. The van der Waals surface area contributed by atoms with Gasteiger partial charge in [0.05, 0.1) is 15.7 Å². The number of hydrogen-bond donors (Lipinski definition) is 0. The molecule has 0 fully saturated rings. The van der Waals surface area contributed by atoms with E-state index in [4.69, 9.17) is 0 Å². The lowest BCUT2D eigenvalue weighted by Gasteiger charge is -2.24. The van der Waals surface area contributed by atoms with Crippen LogP contribution in [0.25, 0.3) is 0 Å². The summed E-state index contributed by atoms with van der Waals surface area (Å²) in [5, 5.41) is 11.2. The van der Waals surface area contributed by atoms with Crippen LogP contribution in [0, 0.1) is 10.1 Å². The molecule has 0 aromatic heterocycles. The van der Waals surface area contributed by atoms with E-state index in [0.717, 1.165) is 16.0 Å². The highest BCUT2D eigenvalue weighted by molar-refractivity contribution is 7.99.